The zero-order chi connectivity index (χ0) is 14.1. The van der Waals surface area contributed by atoms with Gasteiger partial charge in [0.05, 0.1) is 5.41 Å². The first-order chi connectivity index (χ1) is 8.26. The van der Waals surface area contributed by atoms with E-state index in [4.69, 9.17) is 23.2 Å². The fourth-order valence-corrected chi connectivity index (χ4v) is 2.76. The van der Waals surface area contributed by atoms with Crippen LogP contribution in [0.2, 0.25) is 0 Å². The first kappa shape index (κ1) is 15.8. The normalized spacial score (nSPS) is 27.2. The Labute approximate surface area is 114 Å². The molecule has 0 amide bonds. The molecule has 0 radical (unpaired) electrons. The van der Waals surface area contributed by atoms with Gasteiger partial charge in [0.15, 0.2) is 0 Å². The molecule has 1 rings (SSSR count). The van der Waals surface area contributed by atoms with Crippen molar-refractivity contribution in [3.05, 3.63) is 11.1 Å². The molecule has 1 fully saturated rings. The van der Waals surface area contributed by atoms with Gasteiger partial charge < -0.3 is 0 Å². The second kappa shape index (κ2) is 5.41. The Morgan fingerprint density at radius 1 is 1.22 bits per heavy atom. The second-order valence-electron chi connectivity index (χ2n) is 5.32. The quantitative estimate of drug-likeness (QED) is 0.677. The van der Waals surface area contributed by atoms with E-state index in [2.05, 4.69) is 0 Å². The lowest BCUT2D eigenvalue weighted by molar-refractivity contribution is -0.113. The standard InChI is InChI=1S/C12H15Cl2F3O/c1-11(2)7(9(11)10(14)18)3-8(13)12(4-15,5-16)6-17/h3,7,9H,4-6H2,1-2H3/b8-3+/t7-,9+/m1/s1. The molecule has 0 saturated heterocycles. The molecule has 1 nitrogen and oxygen atoms in total. The summed E-state index contributed by atoms with van der Waals surface area (Å²) in [4.78, 5) is 11.1. The van der Waals surface area contributed by atoms with Crippen molar-refractivity contribution in [1.29, 1.82) is 0 Å². The number of allylic oxidation sites excluding steroid dienone is 2. The van der Waals surface area contributed by atoms with E-state index in [1.165, 1.54) is 6.08 Å². The number of hydrogen-bond donors (Lipinski definition) is 0. The van der Waals surface area contributed by atoms with Crippen molar-refractivity contribution >= 4 is 28.4 Å². The predicted molar refractivity (Wildman–Crippen MR) is 65.9 cm³/mol. The minimum absolute atomic E-state index is 0.214. The van der Waals surface area contributed by atoms with Crippen LogP contribution in [0.1, 0.15) is 13.8 Å². The molecule has 0 N–H and O–H groups in total. The lowest BCUT2D eigenvalue weighted by atomic mass is 9.91. The molecule has 0 bridgehead atoms. The van der Waals surface area contributed by atoms with Gasteiger partial charge in [0.25, 0.3) is 0 Å². The van der Waals surface area contributed by atoms with Crippen LogP contribution in [0.5, 0.6) is 0 Å². The van der Waals surface area contributed by atoms with Crippen LogP contribution in [0.15, 0.2) is 11.1 Å². The Morgan fingerprint density at radius 3 is 1.94 bits per heavy atom. The minimum Gasteiger partial charge on any atom is -0.281 e. The fourth-order valence-electron chi connectivity index (χ4n) is 2.06. The van der Waals surface area contributed by atoms with Gasteiger partial charge in [-0.1, -0.05) is 31.5 Å². The van der Waals surface area contributed by atoms with Crippen LogP contribution in [0.3, 0.4) is 0 Å². The van der Waals surface area contributed by atoms with Gasteiger partial charge >= 0.3 is 0 Å². The van der Waals surface area contributed by atoms with Gasteiger partial charge in [-0.2, -0.15) is 0 Å². The van der Waals surface area contributed by atoms with Crippen LogP contribution in [-0.2, 0) is 4.79 Å². The van der Waals surface area contributed by atoms with E-state index >= 15 is 0 Å². The molecule has 0 aliphatic heterocycles. The van der Waals surface area contributed by atoms with E-state index in [9.17, 15) is 18.0 Å². The second-order valence-corrected chi connectivity index (χ2v) is 6.10. The first-order valence-electron chi connectivity index (χ1n) is 5.52. The summed E-state index contributed by atoms with van der Waals surface area (Å²) in [5.74, 6) is -0.747. The summed E-state index contributed by atoms with van der Waals surface area (Å²) < 4.78 is 38.4. The SMILES string of the molecule is CC1(C)[C@H](/C=C(/Cl)C(CF)(CF)CF)[C@H]1C(=O)Cl. The molecule has 0 unspecified atom stereocenters. The molecule has 1 aliphatic carbocycles. The number of alkyl halides is 3. The molecular formula is C12H15Cl2F3O. The minimum atomic E-state index is -1.93. The largest absolute Gasteiger partial charge is 0.281 e. The van der Waals surface area contributed by atoms with Crippen LogP contribution in [-0.4, -0.2) is 25.3 Å². The van der Waals surface area contributed by atoms with Crippen LogP contribution < -0.4 is 0 Å². The topological polar surface area (TPSA) is 17.1 Å². The number of carbonyl (C=O) groups excluding carboxylic acids is 1. The van der Waals surface area contributed by atoms with Gasteiger partial charge in [-0.3, -0.25) is 4.79 Å². The van der Waals surface area contributed by atoms with Crippen molar-refractivity contribution in [2.45, 2.75) is 13.8 Å². The third-order valence-electron chi connectivity index (χ3n) is 3.76. The van der Waals surface area contributed by atoms with E-state index < -0.39 is 42.0 Å². The van der Waals surface area contributed by atoms with Crippen LogP contribution in [0.25, 0.3) is 0 Å². The summed E-state index contributed by atoms with van der Waals surface area (Å²) in [5.41, 5.74) is -2.34. The van der Waals surface area contributed by atoms with Crippen molar-refractivity contribution in [3.8, 4) is 0 Å². The fraction of sp³-hybridized carbons (Fsp3) is 0.750. The summed E-state index contributed by atoms with van der Waals surface area (Å²) in [6.07, 6.45) is 1.37. The molecule has 1 aliphatic rings. The van der Waals surface area contributed by atoms with Gasteiger partial charge in [-0.15, -0.1) is 0 Å². The molecule has 0 aromatic rings. The van der Waals surface area contributed by atoms with Crippen LogP contribution >= 0.6 is 23.2 Å². The molecule has 6 heteroatoms. The number of rotatable bonds is 6. The lowest BCUT2D eigenvalue weighted by Gasteiger charge is -2.23. The smallest absolute Gasteiger partial charge is 0.225 e. The van der Waals surface area contributed by atoms with E-state index in [1.807, 2.05) is 0 Å². The average molecular weight is 303 g/mol. The lowest BCUT2D eigenvalue weighted by Crippen LogP contribution is -2.29. The van der Waals surface area contributed by atoms with Crippen molar-refractivity contribution in [2.75, 3.05) is 20.0 Å². The van der Waals surface area contributed by atoms with Crippen molar-refractivity contribution in [2.24, 2.45) is 22.7 Å². The Hall–Kier alpha value is -0.220. The zero-order valence-electron chi connectivity index (χ0n) is 10.2. The van der Waals surface area contributed by atoms with E-state index in [-0.39, 0.29) is 11.0 Å². The Balaban J connectivity index is 2.94. The highest BCUT2D eigenvalue weighted by Crippen LogP contribution is 2.61. The first-order valence-corrected chi connectivity index (χ1v) is 6.27. The van der Waals surface area contributed by atoms with Gasteiger partial charge in [-0.05, 0) is 22.9 Å². The van der Waals surface area contributed by atoms with E-state index in [0.717, 1.165) is 0 Å². The Kier molecular flexibility index (Phi) is 4.76. The summed E-state index contributed by atoms with van der Waals surface area (Å²) in [6, 6.07) is 0. The van der Waals surface area contributed by atoms with Gasteiger partial charge in [0.2, 0.25) is 5.24 Å². The third kappa shape index (κ3) is 2.55. The number of carbonyl (C=O) groups is 1. The Morgan fingerprint density at radius 2 is 1.67 bits per heavy atom. The van der Waals surface area contributed by atoms with Crippen molar-refractivity contribution in [3.63, 3.8) is 0 Å². The maximum atomic E-state index is 12.8. The van der Waals surface area contributed by atoms with Crippen LogP contribution in [0, 0.1) is 22.7 Å². The van der Waals surface area contributed by atoms with E-state index in [0.29, 0.717) is 0 Å². The summed E-state index contributed by atoms with van der Waals surface area (Å²) in [7, 11) is 0. The molecule has 1 saturated carbocycles. The maximum absolute atomic E-state index is 12.8. The van der Waals surface area contributed by atoms with E-state index in [1.54, 1.807) is 13.8 Å². The summed E-state index contributed by atoms with van der Waals surface area (Å²) >= 11 is 11.2. The molecule has 0 aromatic heterocycles. The van der Waals surface area contributed by atoms with Gasteiger partial charge in [0.1, 0.15) is 20.0 Å². The van der Waals surface area contributed by atoms with Gasteiger partial charge in [0, 0.05) is 11.0 Å². The van der Waals surface area contributed by atoms with Crippen LogP contribution in [0.4, 0.5) is 13.2 Å². The van der Waals surface area contributed by atoms with Crippen molar-refractivity contribution < 1.29 is 18.0 Å². The monoisotopic (exact) mass is 302 g/mol. The molecule has 18 heavy (non-hydrogen) atoms. The third-order valence-corrected chi connectivity index (χ3v) is 4.52. The summed E-state index contributed by atoms with van der Waals surface area (Å²) in [5, 5.41) is -0.731. The maximum Gasteiger partial charge on any atom is 0.225 e. The highest BCUT2D eigenvalue weighted by atomic mass is 35.5. The zero-order valence-corrected chi connectivity index (χ0v) is 11.7. The molecule has 0 spiro atoms. The molecule has 0 heterocycles. The molecular weight excluding hydrogens is 288 g/mol. The number of halogens is 5. The van der Waals surface area contributed by atoms with Gasteiger partial charge in [-0.25, -0.2) is 13.2 Å². The highest BCUT2D eigenvalue weighted by Gasteiger charge is 2.60. The predicted octanol–water partition coefficient (Wildman–Crippen LogP) is 4.04. The molecule has 104 valence electrons. The molecule has 0 aromatic carbocycles. The van der Waals surface area contributed by atoms with Crippen molar-refractivity contribution in [1.82, 2.24) is 0 Å². The molecule has 2 atom stereocenters. The highest BCUT2D eigenvalue weighted by molar-refractivity contribution is 6.64. The average Bonchev–Trinajstić information content (AvgIpc) is 2.83. The summed E-state index contributed by atoms with van der Waals surface area (Å²) in [6.45, 7) is -0.0670. The Bertz CT molecular complexity index is 356. The number of hydrogen-bond acceptors (Lipinski definition) is 1.